The molecule has 0 spiro atoms. The molecule has 0 aliphatic heterocycles. The van der Waals surface area contributed by atoms with Crippen molar-refractivity contribution in [2.24, 2.45) is 0 Å². The van der Waals surface area contributed by atoms with Crippen molar-refractivity contribution in [1.82, 2.24) is 4.90 Å². The highest BCUT2D eigenvalue weighted by Crippen LogP contribution is 2.52. The summed E-state index contributed by atoms with van der Waals surface area (Å²) in [5.41, 5.74) is 0.748. The minimum absolute atomic E-state index is 0.164. The molecular formula is C16H30NO4P. The molecule has 0 atom stereocenters. The van der Waals surface area contributed by atoms with Crippen molar-refractivity contribution in [3.63, 3.8) is 0 Å². The highest BCUT2D eigenvalue weighted by Gasteiger charge is 2.31. The number of rotatable bonds is 8. The normalized spacial score (nSPS) is 13.1. The molecule has 0 unspecified atom stereocenters. The van der Waals surface area contributed by atoms with Crippen LogP contribution in [0.5, 0.6) is 0 Å². The Balaban J connectivity index is 3.15. The SMILES string of the molecule is CCOP(=O)(Cc1cc(CN(C)C)oc1C(C)(C)C)OCC. The Morgan fingerprint density at radius 3 is 2.14 bits per heavy atom. The lowest BCUT2D eigenvalue weighted by Gasteiger charge is -2.20. The van der Waals surface area contributed by atoms with Crippen molar-refractivity contribution < 1.29 is 18.0 Å². The van der Waals surface area contributed by atoms with Crippen molar-refractivity contribution in [3.8, 4) is 0 Å². The molecular weight excluding hydrogens is 301 g/mol. The summed E-state index contributed by atoms with van der Waals surface area (Å²) in [6, 6.07) is 1.98. The predicted octanol–water partition coefficient (Wildman–Crippen LogP) is 4.40. The monoisotopic (exact) mass is 331 g/mol. The van der Waals surface area contributed by atoms with Gasteiger partial charge in [-0.05, 0) is 34.0 Å². The van der Waals surface area contributed by atoms with Gasteiger partial charge in [-0.2, -0.15) is 0 Å². The molecule has 0 bridgehead atoms. The molecule has 1 aromatic heterocycles. The minimum atomic E-state index is -3.13. The van der Waals surface area contributed by atoms with Crippen molar-refractivity contribution >= 4 is 7.60 Å². The van der Waals surface area contributed by atoms with E-state index in [4.69, 9.17) is 13.5 Å². The Morgan fingerprint density at radius 1 is 1.18 bits per heavy atom. The number of furan rings is 1. The van der Waals surface area contributed by atoms with Crippen LogP contribution in [0.4, 0.5) is 0 Å². The standard InChI is InChI=1S/C16H30NO4P/c1-8-19-22(18,20-9-2)12-13-10-14(11-17(6)7)21-15(13)16(3,4)5/h10H,8-9,11-12H2,1-7H3. The summed E-state index contributed by atoms with van der Waals surface area (Å²) in [6.07, 6.45) is 0.248. The molecule has 1 rings (SSSR count). The topological polar surface area (TPSA) is 51.9 Å². The molecule has 1 aromatic rings. The average molecular weight is 331 g/mol. The number of hydrogen-bond donors (Lipinski definition) is 0. The maximum Gasteiger partial charge on any atom is 0.335 e. The Labute approximate surface area is 134 Å². The van der Waals surface area contributed by atoms with Gasteiger partial charge in [-0.15, -0.1) is 0 Å². The maximum atomic E-state index is 12.8. The van der Waals surface area contributed by atoms with E-state index in [1.807, 2.05) is 38.9 Å². The Hall–Kier alpha value is -0.610. The van der Waals surface area contributed by atoms with Crippen molar-refractivity contribution in [3.05, 3.63) is 23.2 Å². The molecule has 0 aliphatic rings. The van der Waals surface area contributed by atoms with Crippen LogP contribution in [0.1, 0.15) is 51.7 Å². The lowest BCUT2D eigenvalue weighted by molar-refractivity contribution is 0.219. The van der Waals surface area contributed by atoms with Gasteiger partial charge in [0.05, 0.1) is 25.9 Å². The zero-order chi connectivity index (χ0) is 17.0. The van der Waals surface area contributed by atoms with Crippen LogP contribution in [0.15, 0.2) is 10.5 Å². The van der Waals surface area contributed by atoms with E-state index in [1.54, 1.807) is 0 Å². The molecule has 22 heavy (non-hydrogen) atoms. The molecule has 0 saturated carbocycles. The van der Waals surface area contributed by atoms with Crippen molar-refractivity contribution in [2.45, 2.75) is 52.7 Å². The first-order valence-electron chi connectivity index (χ1n) is 7.76. The summed E-state index contributed by atoms with van der Waals surface area (Å²) in [4.78, 5) is 2.04. The number of hydrogen-bond acceptors (Lipinski definition) is 5. The van der Waals surface area contributed by atoms with Gasteiger partial charge in [0.1, 0.15) is 11.5 Å². The van der Waals surface area contributed by atoms with Crippen LogP contribution in [0.25, 0.3) is 0 Å². The molecule has 0 amide bonds. The lowest BCUT2D eigenvalue weighted by atomic mass is 9.91. The fourth-order valence-electron chi connectivity index (χ4n) is 2.36. The van der Waals surface area contributed by atoms with Gasteiger partial charge in [-0.3, -0.25) is 4.57 Å². The molecule has 0 aromatic carbocycles. The van der Waals surface area contributed by atoms with E-state index in [-0.39, 0.29) is 11.6 Å². The zero-order valence-electron chi connectivity index (χ0n) is 14.9. The fourth-order valence-corrected chi connectivity index (χ4v) is 4.05. The average Bonchev–Trinajstić information content (AvgIpc) is 2.70. The van der Waals surface area contributed by atoms with Crippen LogP contribution >= 0.6 is 7.60 Å². The van der Waals surface area contributed by atoms with Gasteiger partial charge in [0, 0.05) is 11.0 Å². The van der Waals surface area contributed by atoms with E-state index in [9.17, 15) is 4.57 Å². The lowest BCUT2D eigenvalue weighted by Crippen LogP contribution is -2.13. The summed E-state index contributed by atoms with van der Waals surface area (Å²) < 4.78 is 29.6. The molecule has 1 heterocycles. The Kier molecular flexibility index (Phi) is 6.87. The summed E-state index contributed by atoms with van der Waals surface area (Å²) in [6.45, 7) is 11.3. The van der Waals surface area contributed by atoms with Gasteiger partial charge in [0.15, 0.2) is 0 Å². The van der Waals surface area contributed by atoms with Gasteiger partial charge >= 0.3 is 7.60 Å². The second kappa shape index (κ2) is 7.78. The van der Waals surface area contributed by atoms with Crippen LogP contribution in [0, 0.1) is 0 Å². The van der Waals surface area contributed by atoms with E-state index in [0.29, 0.717) is 19.8 Å². The summed E-state index contributed by atoms with van der Waals surface area (Å²) in [7, 11) is 0.848. The molecule has 0 aliphatic carbocycles. The number of nitrogens with zero attached hydrogens (tertiary/aromatic N) is 1. The van der Waals surface area contributed by atoms with Gasteiger partial charge in [0.25, 0.3) is 0 Å². The first kappa shape index (κ1) is 19.4. The molecule has 128 valence electrons. The largest absolute Gasteiger partial charge is 0.464 e. The van der Waals surface area contributed by atoms with Crippen molar-refractivity contribution in [1.29, 1.82) is 0 Å². The Bertz CT molecular complexity index is 507. The van der Waals surface area contributed by atoms with E-state index < -0.39 is 7.60 Å². The second-order valence-electron chi connectivity index (χ2n) is 6.66. The molecule has 0 N–H and O–H groups in total. The Morgan fingerprint density at radius 2 is 1.73 bits per heavy atom. The van der Waals surface area contributed by atoms with Crippen LogP contribution in [-0.4, -0.2) is 32.2 Å². The fraction of sp³-hybridized carbons (Fsp3) is 0.750. The molecule has 5 nitrogen and oxygen atoms in total. The summed E-state index contributed by atoms with van der Waals surface area (Å²) >= 11 is 0. The van der Waals surface area contributed by atoms with Gasteiger partial charge in [-0.25, -0.2) is 0 Å². The smallest absolute Gasteiger partial charge is 0.335 e. The molecule has 6 heteroatoms. The quantitative estimate of drug-likeness (QED) is 0.661. The molecule has 0 radical (unpaired) electrons. The molecule has 0 fully saturated rings. The third kappa shape index (κ3) is 5.54. The van der Waals surface area contributed by atoms with Crippen molar-refractivity contribution in [2.75, 3.05) is 27.3 Å². The highest BCUT2D eigenvalue weighted by atomic mass is 31.2. The minimum Gasteiger partial charge on any atom is -0.464 e. The van der Waals surface area contributed by atoms with Gasteiger partial charge in [0.2, 0.25) is 0 Å². The summed E-state index contributed by atoms with van der Waals surface area (Å²) in [5, 5.41) is 0. The van der Waals surface area contributed by atoms with Crippen LogP contribution in [-0.2, 0) is 31.7 Å². The van der Waals surface area contributed by atoms with Gasteiger partial charge in [-0.1, -0.05) is 20.8 Å². The first-order chi connectivity index (χ1) is 10.1. The third-order valence-electron chi connectivity index (χ3n) is 3.03. The highest BCUT2D eigenvalue weighted by molar-refractivity contribution is 7.53. The zero-order valence-corrected chi connectivity index (χ0v) is 15.8. The van der Waals surface area contributed by atoms with E-state index in [1.165, 1.54) is 0 Å². The maximum absolute atomic E-state index is 12.8. The third-order valence-corrected chi connectivity index (χ3v) is 5.06. The van der Waals surface area contributed by atoms with Crippen LogP contribution in [0.3, 0.4) is 0 Å². The van der Waals surface area contributed by atoms with E-state index in [0.717, 1.165) is 17.1 Å². The van der Waals surface area contributed by atoms with E-state index in [2.05, 4.69) is 20.8 Å². The predicted molar refractivity (Wildman–Crippen MR) is 89.4 cm³/mol. The van der Waals surface area contributed by atoms with Gasteiger partial charge < -0.3 is 18.4 Å². The second-order valence-corrected chi connectivity index (χ2v) is 8.71. The summed E-state index contributed by atoms with van der Waals surface area (Å²) in [5.74, 6) is 1.72. The first-order valence-corrected chi connectivity index (χ1v) is 9.49. The molecule has 0 saturated heterocycles. The van der Waals surface area contributed by atoms with Crippen LogP contribution in [0.2, 0.25) is 0 Å². The van der Waals surface area contributed by atoms with Crippen LogP contribution < -0.4 is 0 Å². The van der Waals surface area contributed by atoms with E-state index >= 15 is 0 Å².